The van der Waals surface area contributed by atoms with Gasteiger partial charge in [0, 0.05) is 12.8 Å². The number of rotatable bonds is 5. The van der Waals surface area contributed by atoms with E-state index < -0.39 is 11.9 Å². The van der Waals surface area contributed by atoms with Crippen molar-refractivity contribution in [2.45, 2.75) is 44.6 Å². The SMILES string of the molecule is C#CC[C@@H](NC(=O)CC1CCCC1)C(N)=O. The molecule has 1 rings (SSSR count). The van der Waals surface area contributed by atoms with E-state index in [1.807, 2.05) is 0 Å². The third-order valence-corrected chi connectivity index (χ3v) is 2.95. The molecule has 0 bridgehead atoms. The summed E-state index contributed by atoms with van der Waals surface area (Å²) >= 11 is 0. The van der Waals surface area contributed by atoms with Gasteiger partial charge in [-0.15, -0.1) is 12.3 Å². The molecule has 0 radical (unpaired) electrons. The van der Waals surface area contributed by atoms with Gasteiger partial charge in [0.2, 0.25) is 11.8 Å². The van der Waals surface area contributed by atoms with Crippen LogP contribution < -0.4 is 11.1 Å². The minimum Gasteiger partial charge on any atom is -0.368 e. The van der Waals surface area contributed by atoms with Gasteiger partial charge in [-0.25, -0.2) is 0 Å². The lowest BCUT2D eigenvalue weighted by Crippen LogP contribution is -2.44. The van der Waals surface area contributed by atoms with Crippen LogP contribution in [0, 0.1) is 18.3 Å². The molecule has 16 heavy (non-hydrogen) atoms. The van der Waals surface area contributed by atoms with Gasteiger partial charge in [0.15, 0.2) is 0 Å². The highest BCUT2D eigenvalue weighted by Gasteiger charge is 2.21. The summed E-state index contributed by atoms with van der Waals surface area (Å²) in [6.07, 6.45) is 10.3. The fraction of sp³-hybridized carbons (Fsp3) is 0.667. The number of carbonyl (C=O) groups excluding carboxylic acids is 2. The van der Waals surface area contributed by atoms with Crippen molar-refractivity contribution in [3.05, 3.63) is 0 Å². The molecule has 0 heterocycles. The first-order valence-electron chi connectivity index (χ1n) is 5.65. The molecular weight excluding hydrogens is 204 g/mol. The van der Waals surface area contributed by atoms with Gasteiger partial charge in [-0.1, -0.05) is 12.8 Å². The van der Waals surface area contributed by atoms with E-state index in [0.717, 1.165) is 12.8 Å². The summed E-state index contributed by atoms with van der Waals surface area (Å²) in [6.45, 7) is 0. The Kier molecular flexibility index (Phi) is 4.84. The fourth-order valence-electron chi connectivity index (χ4n) is 2.07. The lowest BCUT2D eigenvalue weighted by Gasteiger charge is -2.14. The van der Waals surface area contributed by atoms with Crippen molar-refractivity contribution in [3.8, 4) is 12.3 Å². The van der Waals surface area contributed by atoms with Crippen molar-refractivity contribution in [3.63, 3.8) is 0 Å². The molecule has 0 spiro atoms. The third kappa shape index (κ3) is 3.93. The van der Waals surface area contributed by atoms with Gasteiger partial charge >= 0.3 is 0 Å². The highest BCUT2D eigenvalue weighted by atomic mass is 16.2. The largest absolute Gasteiger partial charge is 0.368 e. The smallest absolute Gasteiger partial charge is 0.240 e. The number of amides is 2. The highest BCUT2D eigenvalue weighted by molar-refractivity contribution is 5.86. The molecule has 0 aromatic rings. The van der Waals surface area contributed by atoms with Crippen LogP contribution in [0.2, 0.25) is 0 Å². The van der Waals surface area contributed by atoms with Crippen LogP contribution in [0.15, 0.2) is 0 Å². The standard InChI is InChI=1S/C12H18N2O2/c1-2-5-10(12(13)16)14-11(15)8-9-6-3-4-7-9/h1,9-10H,3-8H2,(H2,13,16)(H,14,15)/t10-/m1/s1. The zero-order chi connectivity index (χ0) is 12.0. The predicted octanol–water partition coefficient (Wildman–Crippen LogP) is 0.560. The topological polar surface area (TPSA) is 72.2 Å². The van der Waals surface area contributed by atoms with Gasteiger partial charge in [0.1, 0.15) is 6.04 Å². The Morgan fingerprint density at radius 1 is 1.44 bits per heavy atom. The van der Waals surface area contributed by atoms with E-state index in [1.54, 1.807) is 0 Å². The number of primary amides is 1. The number of terminal acetylenes is 1. The average molecular weight is 222 g/mol. The molecule has 0 unspecified atom stereocenters. The molecule has 4 nitrogen and oxygen atoms in total. The van der Waals surface area contributed by atoms with E-state index in [1.165, 1.54) is 12.8 Å². The summed E-state index contributed by atoms with van der Waals surface area (Å²) in [5.41, 5.74) is 5.13. The summed E-state index contributed by atoms with van der Waals surface area (Å²) in [4.78, 5) is 22.6. The lowest BCUT2D eigenvalue weighted by atomic mass is 10.0. The van der Waals surface area contributed by atoms with E-state index in [2.05, 4.69) is 11.2 Å². The molecule has 1 aliphatic carbocycles. The van der Waals surface area contributed by atoms with E-state index in [9.17, 15) is 9.59 Å². The minimum absolute atomic E-state index is 0.119. The summed E-state index contributed by atoms with van der Waals surface area (Å²) in [6, 6.07) is -0.723. The van der Waals surface area contributed by atoms with E-state index in [0.29, 0.717) is 12.3 Å². The van der Waals surface area contributed by atoms with E-state index in [-0.39, 0.29) is 12.3 Å². The zero-order valence-electron chi connectivity index (χ0n) is 9.37. The molecule has 0 aromatic carbocycles. The zero-order valence-corrected chi connectivity index (χ0v) is 9.37. The van der Waals surface area contributed by atoms with Crippen LogP contribution in [0.5, 0.6) is 0 Å². The summed E-state index contributed by atoms with van der Waals surface area (Å²) in [5.74, 6) is 2.10. The molecule has 88 valence electrons. The molecule has 0 aliphatic heterocycles. The summed E-state index contributed by atoms with van der Waals surface area (Å²) in [7, 11) is 0. The molecule has 0 aromatic heterocycles. The number of nitrogens with two attached hydrogens (primary N) is 1. The lowest BCUT2D eigenvalue weighted by molar-refractivity contribution is -0.127. The predicted molar refractivity (Wildman–Crippen MR) is 61.2 cm³/mol. The molecule has 1 saturated carbocycles. The molecule has 4 heteroatoms. The average Bonchev–Trinajstić information content (AvgIpc) is 2.69. The van der Waals surface area contributed by atoms with Crippen LogP contribution in [-0.4, -0.2) is 17.9 Å². The van der Waals surface area contributed by atoms with Gasteiger partial charge in [0.25, 0.3) is 0 Å². The van der Waals surface area contributed by atoms with Crippen molar-refractivity contribution < 1.29 is 9.59 Å². The van der Waals surface area contributed by atoms with Crippen molar-refractivity contribution in [1.29, 1.82) is 0 Å². The van der Waals surface area contributed by atoms with Crippen molar-refractivity contribution >= 4 is 11.8 Å². The number of nitrogens with one attached hydrogen (secondary N) is 1. The van der Waals surface area contributed by atoms with Crippen LogP contribution in [0.4, 0.5) is 0 Å². The first kappa shape index (κ1) is 12.6. The third-order valence-electron chi connectivity index (χ3n) is 2.95. The van der Waals surface area contributed by atoms with Gasteiger partial charge in [-0.2, -0.15) is 0 Å². The van der Waals surface area contributed by atoms with Gasteiger partial charge in [-0.3, -0.25) is 9.59 Å². The Balaban J connectivity index is 2.36. The molecule has 1 aliphatic rings. The molecule has 1 atom stereocenters. The Morgan fingerprint density at radius 2 is 2.06 bits per heavy atom. The van der Waals surface area contributed by atoms with Crippen LogP contribution in [-0.2, 0) is 9.59 Å². The molecule has 3 N–H and O–H groups in total. The Bertz CT molecular complexity index is 301. The van der Waals surface area contributed by atoms with Crippen LogP contribution in [0.25, 0.3) is 0 Å². The number of carbonyl (C=O) groups is 2. The molecule has 1 fully saturated rings. The first-order valence-corrected chi connectivity index (χ1v) is 5.65. The Hall–Kier alpha value is -1.50. The number of hydrogen-bond donors (Lipinski definition) is 2. The van der Waals surface area contributed by atoms with Gasteiger partial charge in [-0.05, 0) is 18.8 Å². The second kappa shape index (κ2) is 6.16. The second-order valence-electron chi connectivity index (χ2n) is 4.29. The second-order valence-corrected chi connectivity index (χ2v) is 4.29. The first-order chi connectivity index (χ1) is 7.63. The minimum atomic E-state index is -0.723. The van der Waals surface area contributed by atoms with Crippen LogP contribution in [0.3, 0.4) is 0 Å². The Labute approximate surface area is 96.0 Å². The molecular formula is C12H18N2O2. The summed E-state index contributed by atoms with van der Waals surface area (Å²) in [5, 5.41) is 2.59. The van der Waals surface area contributed by atoms with Crippen LogP contribution >= 0.6 is 0 Å². The Morgan fingerprint density at radius 3 is 2.56 bits per heavy atom. The maximum Gasteiger partial charge on any atom is 0.240 e. The van der Waals surface area contributed by atoms with Crippen molar-refractivity contribution in [1.82, 2.24) is 5.32 Å². The van der Waals surface area contributed by atoms with Crippen LogP contribution in [0.1, 0.15) is 38.5 Å². The summed E-state index contributed by atoms with van der Waals surface area (Å²) < 4.78 is 0. The van der Waals surface area contributed by atoms with Crippen molar-refractivity contribution in [2.75, 3.05) is 0 Å². The maximum atomic E-state index is 11.6. The maximum absolute atomic E-state index is 11.6. The normalized spacial score (nSPS) is 17.7. The van der Waals surface area contributed by atoms with Gasteiger partial charge < -0.3 is 11.1 Å². The van der Waals surface area contributed by atoms with E-state index in [4.69, 9.17) is 12.2 Å². The quantitative estimate of drug-likeness (QED) is 0.667. The van der Waals surface area contributed by atoms with E-state index >= 15 is 0 Å². The van der Waals surface area contributed by atoms with Crippen molar-refractivity contribution in [2.24, 2.45) is 11.7 Å². The molecule has 2 amide bonds. The fourth-order valence-corrected chi connectivity index (χ4v) is 2.07. The van der Waals surface area contributed by atoms with Gasteiger partial charge in [0.05, 0.1) is 0 Å². The monoisotopic (exact) mass is 222 g/mol. The highest BCUT2D eigenvalue weighted by Crippen LogP contribution is 2.27. The molecule has 0 saturated heterocycles. The number of hydrogen-bond acceptors (Lipinski definition) is 2.